The summed E-state index contributed by atoms with van der Waals surface area (Å²) in [5.74, 6) is 0.516. The Bertz CT molecular complexity index is 470. The van der Waals surface area contributed by atoms with E-state index in [0.29, 0.717) is 12.0 Å². The molecule has 0 radical (unpaired) electrons. The minimum absolute atomic E-state index is 0.0563. The van der Waals surface area contributed by atoms with Crippen molar-refractivity contribution < 1.29 is 5.11 Å². The number of hydrogen-bond donors (Lipinski definition) is 1. The van der Waals surface area contributed by atoms with Crippen molar-refractivity contribution in [2.45, 2.75) is 64.6 Å². The first-order valence-electron chi connectivity index (χ1n) is 8.13. The molecule has 0 aromatic heterocycles. The van der Waals surface area contributed by atoms with Gasteiger partial charge in [-0.1, -0.05) is 30.2 Å². The molecule has 110 valence electrons. The average Bonchev–Trinajstić information content (AvgIpc) is 3.02. The first-order chi connectivity index (χ1) is 9.65. The molecule has 0 bridgehead atoms. The van der Waals surface area contributed by atoms with Crippen molar-refractivity contribution in [3.63, 3.8) is 0 Å². The van der Waals surface area contributed by atoms with E-state index in [1.165, 1.54) is 48.9 Å². The third-order valence-electron chi connectivity index (χ3n) is 5.32. The van der Waals surface area contributed by atoms with Crippen molar-refractivity contribution in [2.75, 3.05) is 6.54 Å². The van der Waals surface area contributed by atoms with Crippen LogP contribution >= 0.6 is 0 Å². The number of rotatable bonds is 3. The van der Waals surface area contributed by atoms with Gasteiger partial charge < -0.3 is 5.11 Å². The highest BCUT2D eigenvalue weighted by molar-refractivity contribution is 5.30. The predicted octanol–water partition coefficient (Wildman–Crippen LogP) is 3.43. The fraction of sp³-hybridized carbons (Fsp3) is 0.667. The Morgan fingerprint density at radius 3 is 2.75 bits per heavy atom. The van der Waals surface area contributed by atoms with Crippen LogP contribution in [0.15, 0.2) is 18.2 Å². The molecule has 1 aromatic carbocycles. The maximum atomic E-state index is 10.2. The number of aryl methyl sites for hydroxylation is 2. The van der Waals surface area contributed by atoms with Gasteiger partial charge in [0.1, 0.15) is 0 Å². The molecule has 1 aromatic rings. The van der Waals surface area contributed by atoms with Gasteiger partial charge in [-0.3, -0.25) is 4.90 Å². The number of likely N-dealkylation sites (tertiary alicyclic amines) is 1. The summed E-state index contributed by atoms with van der Waals surface area (Å²) >= 11 is 0. The fourth-order valence-corrected chi connectivity index (χ4v) is 4.14. The number of benzene rings is 1. The van der Waals surface area contributed by atoms with Gasteiger partial charge in [0.2, 0.25) is 0 Å². The van der Waals surface area contributed by atoms with Gasteiger partial charge >= 0.3 is 0 Å². The molecule has 1 heterocycles. The van der Waals surface area contributed by atoms with Gasteiger partial charge in [-0.2, -0.15) is 0 Å². The van der Waals surface area contributed by atoms with Crippen molar-refractivity contribution in [1.29, 1.82) is 0 Å². The molecular formula is C18H27NO. The van der Waals surface area contributed by atoms with Gasteiger partial charge in [-0.25, -0.2) is 0 Å². The van der Waals surface area contributed by atoms with Crippen LogP contribution in [0.5, 0.6) is 0 Å². The fourth-order valence-electron chi connectivity index (χ4n) is 4.14. The second kappa shape index (κ2) is 5.87. The summed E-state index contributed by atoms with van der Waals surface area (Å²) in [5.41, 5.74) is 4.21. The summed E-state index contributed by atoms with van der Waals surface area (Å²) in [6.45, 7) is 6.64. The van der Waals surface area contributed by atoms with Crippen molar-refractivity contribution in [2.24, 2.45) is 5.92 Å². The van der Waals surface area contributed by atoms with Crippen LogP contribution in [0.25, 0.3) is 0 Å². The molecule has 3 atom stereocenters. The molecule has 2 aliphatic rings. The number of aliphatic hydroxyl groups excluding tert-OH is 1. The van der Waals surface area contributed by atoms with Crippen LogP contribution in [0.2, 0.25) is 0 Å². The third-order valence-corrected chi connectivity index (χ3v) is 5.32. The largest absolute Gasteiger partial charge is 0.393 e. The lowest BCUT2D eigenvalue weighted by atomic mass is 9.93. The van der Waals surface area contributed by atoms with E-state index in [-0.39, 0.29) is 6.10 Å². The zero-order valence-corrected chi connectivity index (χ0v) is 12.8. The Labute approximate surface area is 122 Å². The normalized spacial score (nSPS) is 31.1. The van der Waals surface area contributed by atoms with Gasteiger partial charge in [0.15, 0.2) is 0 Å². The van der Waals surface area contributed by atoms with E-state index in [4.69, 9.17) is 0 Å². The summed E-state index contributed by atoms with van der Waals surface area (Å²) in [5, 5.41) is 10.2. The Kier molecular flexibility index (Phi) is 4.13. The molecule has 2 nitrogen and oxygen atoms in total. The average molecular weight is 273 g/mol. The van der Waals surface area contributed by atoms with Crippen LogP contribution in [0.1, 0.15) is 48.8 Å². The van der Waals surface area contributed by atoms with Crippen molar-refractivity contribution >= 4 is 0 Å². The highest BCUT2D eigenvalue weighted by atomic mass is 16.3. The maximum absolute atomic E-state index is 10.2. The van der Waals surface area contributed by atoms with E-state index in [9.17, 15) is 5.11 Å². The van der Waals surface area contributed by atoms with E-state index in [2.05, 4.69) is 36.9 Å². The van der Waals surface area contributed by atoms with Crippen molar-refractivity contribution in [3.8, 4) is 0 Å². The third kappa shape index (κ3) is 2.77. The molecule has 3 rings (SSSR count). The highest BCUT2D eigenvalue weighted by Gasteiger charge is 2.38. The van der Waals surface area contributed by atoms with Gasteiger partial charge in [0.05, 0.1) is 6.10 Å². The lowest BCUT2D eigenvalue weighted by molar-refractivity contribution is 0.0718. The molecule has 2 fully saturated rings. The van der Waals surface area contributed by atoms with Crippen molar-refractivity contribution in [3.05, 3.63) is 34.9 Å². The second-order valence-electron chi connectivity index (χ2n) is 6.77. The lowest BCUT2D eigenvalue weighted by Crippen LogP contribution is -2.38. The lowest BCUT2D eigenvalue weighted by Gasteiger charge is -2.31. The first-order valence-corrected chi connectivity index (χ1v) is 8.13. The van der Waals surface area contributed by atoms with Gasteiger partial charge in [0, 0.05) is 18.5 Å². The molecule has 0 spiro atoms. The monoisotopic (exact) mass is 273 g/mol. The Morgan fingerprint density at radius 1 is 1.15 bits per heavy atom. The summed E-state index contributed by atoms with van der Waals surface area (Å²) in [4.78, 5) is 2.63. The first kappa shape index (κ1) is 14.1. The molecule has 20 heavy (non-hydrogen) atoms. The zero-order chi connectivity index (χ0) is 14.1. The van der Waals surface area contributed by atoms with Crippen LogP contribution in [0, 0.1) is 19.8 Å². The summed E-state index contributed by atoms with van der Waals surface area (Å²) in [7, 11) is 0. The summed E-state index contributed by atoms with van der Waals surface area (Å²) < 4.78 is 0. The van der Waals surface area contributed by atoms with E-state index in [1.54, 1.807) is 0 Å². The minimum Gasteiger partial charge on any atom is -0.393 e. The molecule has 0 amide bonds. The standard InChI is InChI=1S/C18H27NO/c1-13-8-9-14(2)15(11-13)12-19-10-4-6-17(19)16-5-3-7-18(16)20/h8-9,11,16-18,20H,3-7,10,12H2,1-2H3. The van der Waals surface area contributed by atoms with Gasteiger partial charge in [0.25, 0.3) is 0 Å². The predicted molar refractivity (Wildman–Crippen MR) is 82.7 cm³/mol. The zero-order valence-electron chi connectivity index (χ0n) is 12.8. The molecule has 1 aliphatic heterocycles. The van der Waals surface area contributed by atoms with E-state index in [1.807, 2.05) is 0 Å². The molecule has 3 unspecified atom stereocenters. The minimum atomic E-state index is -0.0563. The van der Waals surface area contributed by atoms with E-state index >= 15 is 0 Å². The maximum Gasteiger partial charge on any atom is 0.0583 e. The topological polar surface area (TPSA) is 23.5 Å². The van der Waals surface area contributed by atoms with E-state index in [0.717, 1.165) is 13.0 Å². The van der Waals surface area contributed by atoms with Crippen LogP contribution in [0.4, 0.5) is 0 Å². The molecule has 1 saturated heterocycles. The molecule has 1 N–H and O–H groups in total. The Morgan fingerprint density at radius 2 is 2.00 bits per heavy atom. The number of hydrogen-bond acceptors (Lipinski definition) is 2. The molecular weight excluding hydrogens is 246 g/mol. The highest BCUT2D eigenvalue weighted by Crippen LogP contribution is 2.36. The summed E-state index contributed by atoms with van der Waals surface area (Å²) in [6.07, 6.45) is 5.94. The smallest absolute Gasteiger partial charge is 0.0583 e. The second-order valence-corrected chi connectivity index (χ2v) is 6.77. The Hall–Kier alpha value is -0.860. The molecule has 1 saturated carbocycles. The van der Waals surface area contributed by atoms with Crippen LogP contribution in [0.3, 0.4) is 0 Å². The number of nitrogens with zero attached hydrogens (tertiary/aromatic N) is 1. The molecule has 2 heteroatoms. The van der Waals surface area contributed by atoms with E-state index < -0.39 is 0 Å². The number of aliphatic hydroxyl groups is 1. The van der Waals surface area contributed by atoms with Crippen LogP contribution < -0.4 is 0 Å². The summed E-state index contributed by atoms with van der Waals surface area (Å²) in [6, 6.07) is 7.36. The van der Waals surface area contributed by atoms with Crippen LogP contribution in [-0.4, -0.2) is 28.7 Å². The SMILES string of the molecule is Cc1ccc(C)c(CN2CCCC2C2CCCC2O)c1. The quantitative estimate of drug-likeness (QED) is 0.912. The van der Waals surface area contributed by atoms with Crippen LogP contribution in [-0.2, 0) is 6.54 Å². The van der Waals surface area contributed by atoms with Gasteiger partial charge in [-0.05, 0) is 57.2 Å². The Balaban J connectivity index is 1.74. The molecule has 1 aliphatic carbocycles. The van der Waals surface area contributed by atoms with Crippen molar-refractivity contribution in [1.82, 2.24) is 4.90 Å². The van der Waals surface area contributed by atoms with Gasteiger partial charge in [-0.15, -0.1) is 0 Å².